The molecule has 4 aromatic rings. The van der Waals surface area contributed by atoms with Gasteiger partial charge in [-0.3, -0.25) is 4.79 Å². The van der Waals surface area contributed by atoms with Gasteiger partial charge in [-0.2, -0.15) is 0 Å². The number of nitrogens with zero attached hydrogens (tertiary/aromatic N) is 1. The molecule has 2 heterocycles. The quantitative estimate of drug-likeness (QED) is 0.438. The Morgan fingerprint density at radius 2 is 1.92 bits per heavy atom. The van der Waals surface area contributed by atoms with Gasteiger partial charge in [0.05, 0.1) is 0 Å². The minimum absolute atomic E-state index is 0.274. The zero-order valence-corrected chi connectivity index (χ0v) is 15.4. The lowest BCUT2D eigenvalue weighted by molar-refractivity contribution is 0.0995. The molecular formula is C19H13IN2O3. The fourth-order valence-electron chi connectivity index (χ4n) is 2.51. The molecule has 0 radical (unpaired) electrons. The number of hydrogen-bond acceptors (Lipinski definition) is 4. The van der Waals surface area contributed by atoms with E-state index in [1.54, 1.807) is 12.1 Å². The number of fused-ring (bicyclic) bond motifs is 1. The second-order valence-electron chi connectivity index (χ2n) is 5.57. The first-order valence-electron chi connectivity index (χ1n) is 7.63. The van der Waals surface area contributed by atoms with Gasteiger partial charge in [0, 0.05) is 11.3 Å². The third-order valence-electron chi connectivity index (χ3n) is 3.82. The normalized spacial score (nSPS) is 11.0. The number of aryl methyl sites for hydroxylation is 1. The third-order valence-corrected chi connectivity index (χ3v) is 4.40. The van der Waals surface area contributed by atoms with Crippen molar-refractivity contribution < 1.29 is 13.6 Å². The summed E-state index contributed by atoms with van der Waals surface area (Å²) < 4.78 is 11.8. The number of aromatic nitrogens is 1. The monoisotopic (exact) mass is 444 g/mol. The van der Waals surface area contributed by atoms with Gasteiger partial charge in [-0.15, -0.1) is 0 Å². The average molecular weight is 444 g/mol. The minimum atomic E-state index is -0.291. The molecule has 6 heteroatoms. The fraction of sp³-hybridized carbons (Fsp3) is 0.0526. The molecule has 25 heavy (non-hydrogen) atoms. The lowest BCUT2D eigenvalue weighted by Crippen LogP contribution is -2.11. The van der Waals surface area contributed by atoms with Crippen LogP contribution >= 0.6 is 22.6 Å². The molecular weight excluding hydrogens is 431 g/mol. The Bertz CT molecular complexity index is 1050. The van der Waals surface area contributed by atoms with Crippen LogP contribution in [0.15, 0.2) is 63.4 Å². The Kier molecular flexibility index (Phi) is 4.04. The van der Waals surface area contributed by atoms with Crippen molar-refractivity contribution in [2.75, 3.05) is 5.32 Å². The highest BCUT2D eigenvalue weighted by molar-refractivity contribution is 14.1. The number of anilines is 1. The summed E-state index contributed by atoms with van der Waals surface area (Å²) >= 11 is 2.02. The molecule has 2 aromatic carbocycles. The highest BCUT2D eigenvalue weighted by atomic mass is 127. The van der Waals surface area contributed by atoms with E-state index in [-0.39, 0.29) is 11.7 Å². The van der Waals surface area contributed by atoms with E-state index in [9.17, 15) is 4.79 Å². The number of halogens is 1. The maximum absolute atomic E-state index is 12.3. The number of carbonyl (C=O) groups excluding carboxylic acids is 1. The van der Waals surface area contributed by atoms with Crippen LogP contribution in [-0.4, -0.2) is 10.9 Å². The number of furan rings is 1. The number of para-hydroxylation sites is 2. The van der Waals surface area contributed by atoms with Gasteiger partial charge in [-0.05, 0) is 71.5 Å². The highest BCUT2D eigenvalue weighted by Gasteiger charge is 2.14. The Morgan fingerprint density at radius 3 is 2.68 bits per heavy atom. The fourth-order valence-corrected chi connectivity index (χ4v) is 2.92. The second kappa shape index (κ2) is 6.36. The van der Waals surface area contributed by atoms with Crippen LogP contribution in [0.2, 0.25) is 0 Å². The minimum Gasteiger partial charge on any atom is -0.445 e. The maximum atomic E-state index is 12.3. The Morgan fingerprint density at radius 1 is 1.08 bits per heavy atom. The lowest BCUT2D eigenvalue weighted by Gasteiger charge is -2.08. The van der Waals surface area contributed by atoms with E-state index in [0.29, 0.717) is 15.3 Å². The molecule has 0 aliphatic rings. The molecule has 0 bridgehead atoms. The third kappa shape index (κ3) is 3.17. The van der Waals surface area contributed by atoms with Crippen molar-refractivity contribution in [3.8, 4) is 11.5 Å². The summed E-state index contributed by atoms with van der Waals surface area (Å²) in [6.07, 6.45) is 0. The van der Waals surface area contributed by atoms with E-state index in [4.69, 9.17) is 8.83 Å². The van der Waals surface area contributed by atoms with E-state index >= 15 is 0 Å². The first kappa shape index (κ1) is 15.9. The smallest absolute Gasteiger partial charge is 0.291 e. The topological polar surface area (TPSA) is 68.3 Å². The molecule has 124 valence electrons. The van der Waals surface area contributed by atoms with E-state index in [1.807, 2.05) is 72.0 Å². The molecule has 0 atom stereocenters. The van der Waals surface area contributed by atoms with Gasteiger partial charge >= 0.3 is 0 Å². The molecule has 0 aliphatic heterocycles. The first-order chi connectivity index (χ1) is 12.1. The lowest BCUT2D eigenvalue weighted by atomic mass is 10.1. The number of carbonyl (C=O) groups is 1. The Hall–Kier alpha value is -2.61. The molecule has 0 saturated heterocycles. The molecule has 1 N–H and O–H groups in total. The van der Waals surface area contributed by atoms with Gasteiger partial charge in [-0.25, -0.2) is 4.98 Å². The molecule has 5 nitrogen and oxygen atoms in total. The van der Waals surface area contributed by atoms with Crippen molar-refractivity contribution in [1.29, 1.82) is 0 Å². The number of hydrogen-bond donors (Lipinski definition) is 1. The van der Waals surface area contributed by atoms with Crippen molar-refractivity contribution in [1.82, 2.24) is 4.98 Å². The largest absolute Gasteiger partial charge is 0.445 e. The zero-order valence-electron chi connectivity index (χ0n) is 13.2. The molecule has 0 fully saturated rings. The van der Waals surface area contributed by atoms with Crippen LogP contribution in [0.3, 0.4) is 0 Å². The molecule has 0 aliphatic carbocycles. The van der Waals surface area contributed by atoms with Crippen molar-refractivity contribution >= 4 is 45.3 Å². The standard InChI is InChI=1S/C19H13IN2O3/c1-11-6-7-12(19-22-13-4-2-3-5-15(13)25-19)10-14(11)21-18(23)16-8-9-17(20)24-16/h2-10H,1H3,(H,21,23). The summed E-state index contributed by atoms with van der Waals surface area (Å²) in [5, 5.41) is 2.88. The number of rotatable bonds is 3. The van der Waals surface area contributed by atoms with Gasteiger partial charge in [-0.1, -0.05) is 18.2 Å². The summed E-state index contributed by atoms with van der Waals surface area (Å²) in [5.41, 5.74) is 3.96. The van der Waals surface area contributed by atoms with E-state index in [1.165, 1.54) is 0 Å². The van der Waals surface area contributed by atoms with Crippen LogP contribution in [0.25, 0.3) is 22.6 Å². The van der Waals surface area contributed by atoms with Crippen LogP contribution in [0, 0.1) is 10.7 Å². The number of benzene rings is 2. The van der Waals surface area contributed by atoms with Gasteiger partial charge in [0.25, 0.3) is 5.91 Å². The van der Waals surface area contributed by atoms with E-state index in [2.05, 4.69) is 10.3 Å². The van der Waals surface area contributed by atoms with E-state index < -0.39 is 0 Å². The van der Waals surface area contributed by atoms with Gasteiger partial charge < -0.3 is 14.2 Å². The summed E-state index contributed by atoms with van der Waals surface area (Å²) in [6, 6.07) is 16.7. The van der Waals surface area contributed by atoms with Gasteiger partial charge in [0.2, 0.25) is 5.89 Å². The second-order valence-corrected chi connectivity index (χ2v) is 6.64. The summed E-state index contributed by atoms with van der Waals surface area (Å²) in [6.45, 7) is 1.93. The SMILES string of the molecule is Cc1ccc(-c2nc3ccccc3o2)cc1NC(=O)c1ccc(I)o1. The van der Waals surface area contributed by atoms with Crippen molar-refractivity contribution in [3.63, 3.8) is 0 Å². The number of oxazole rings is 1. The average Bonchev–Trinajstić information content (AvgIpc) is 3.23. The van der Waals surface area contributed by atoms with Crippen LogP contribution in [0.4, 0.5) is 5.69 Å². The zero-order chi connectivity index (χ0) is 17.4. The van der Waals surface area contributed by atoms with Crippen LogP contribution in [0.5, 0.6) is 0 Å². The Balaban J connectivity index is 1.67. The number of nitrogens with one attached hydrogen (secondary N) is 1. The van der Waals surface area contributed by atoms with Crippen molar-refractivity contribution in [2.45, 2.75) is 6.92 Å². The van der Waals surface area contributed by atoms with Crippen LogP contribution < -0.4 is 5.32 Å². The van der Waals surface area contributed by atoms with Crippen molar-refractivity contribution in [3.05, 3.63) is 69.7 Å². The predicted molar refractivity (Wildman–Crippen MR) is 104 cm³/mol. The van der Waals surface area contributed by atoms with Crippen LogP contribution in [0.1, 0.15) is 16.1 Å². The van der Waals surface area contributed by atoms with E-state index in [0.717, 1.165) is 22.2 Å². The van der Waals surface area contributed by atoms with Crippen molar-refractivity contribution in [2.24, 2.45) is 0 Å². The molecule has 0 spiro atoms. The molecule has 1 amide bonds. The van der Waals surface area contributed by atoms with Gasteiger partial charge in [0.15, 0.2) is 15.1 Å². The molecule has 0 unspecified atom stereocenters. The highest BCUT2D eigenvalue weighted by Crippen LogP contribution is 2.28. The summed E-state index contributed by atoms with van der Waals surface area (Å²) in [7, 11) is 0. The molecule has 2 aromatic heterocycles. The maximum Gasteiger partial charge on any atom is 0.291 e. The van der Waals surface area contributed by atoms with Gasteiger partial charge in [0.1, 0.15) is 5.52 Å². The summed E-state index contributed by atoms with van der Waals surface area (Å²) in [5.74, 6) is 0.501. The number of amides is 1. The Labute approximate surface area is 157 Å². The molecule has 0 saturated carbocycles. The molecule has 4 rings (SSSR count). The first-order valence-corrected chi connectivity index (χ1v) is 8.71. The summed E-state index contributed by atoms with van der Waals surface area (Å²) in [4.78, 5) is 16.8. The predicted octanol–water partition coefficient (Wildman–Crippen LogP) is 5.25. The van der Waals surface area contributed by atoms with Crippen LogP contribution in [-0.2, 0) is 0 Å².